The SMILES string of the molecule is COc1cc(N2CCN(CCOCCOCCN=[N+]=[N-])CC2)ccc1Cc1ncc(Cl)c(Cc2ccccc2S(=O)(=O)C(C)C)n1. The van der Waals surface area contributed by atoms with Crippen molar-refractivity contribution in [2.75, 3.05) is 77.7 Å². The van der Waals surface area contributed by atoms with Crippen molar-refractivity contribution < 1.29 is 22.6 Å². The number of methoxy groups -OCH3 is 1. The Balaban J connectivity index is 1.33. The summed E-state index contributed by atoms with van der Waals surface area (Å²) < 4.78 is 42.7. The van der Waals surface area contributed by atoms with E-state index < -0.39 is 15.1 Å². The maximum atomic E-state index is 13.0. The molecule has 2 aromatic carbocycles. The van der Waals surface area contributed by atoms with Crippen LogP contribution in [0.1, 0.15) is 36.5 Å². The summed E-state index contributed by atoms with van der Waals surface area (Å²) >= 11 is 6.49. The van der Waals surface area contributed by atoms with E-state index in [0.717, 1.165) is 49.7 Å². The molecule has 0 atom stereocenters. The molecule has 1 aromatic heterocycles. The van der Waals surface area contributed by atoms with Crippen LogP contribution >= 0.6 is 11.6 Å². The Labute approximate surface area is 276 Å². The summed E-state index contributed by atoms with van der Waals surface area (Å²) in [5.41, 5.74) is 11.5. The Hall–Kier alpha value is -3.45. The van der Waals surface area contributed by atoms with E-state index >= 15 is 0 Å². The zero-order valence-corrected chi connectivity index (χ0v) is 28.2. The number of piperazine rings is 1. The van der Waals surface area contributed by atoms with Gasteiger partial charge in [-0.2, -0.15) is 0 Å². The summed E-state index contributed by atoms with van der Waals surface area (Å²) in [6.07, 6.45) is 2.29. The molecule has 1 aliphatic heterocycles. The summed E-state index contributed by atoms with van der Waals surface area (Å²) in [4.78, 5) is 16.9. The predicted molar refractivity (Wildman–Crippen MR) is 179 cm³/mol. The molecular weight excluding hydrogens is 630 g/mol. The van der Waals surface area contributed by atoms with Crippen LogP contribution in [0.25, 0.3) is 10.4 Å². The van der Waals surface area contributed by atoms with Crippen LogP contribution in [-0.2, 0) is 32.2 Å². The molecule has 0 spiro atoms. The summed E-state index contributed by atoms with van der Waals surface area (Å²) in [5.74, 6) is 1.33. The molecule has 14 heteroatoms. The first kappa shape index (κ1) is 35.4. The molecule has 12 nitrogen and oxygen atoms in total. The largest absolute Gasteiger partial charge is 0.496 e. The monoisotopic (exact) mass is 671 g/mol. The van der Waals surface area contributed by atoms with Gasteiger partial charge in [-0.1, -0.05) is 41.0 Å². The number of sulfone groups is 1. The minimum absolute atomic E-state index is 0.277. The third kappa shape index (κ3) is 9.78. The Morgan fingerprint density at radius 1 is 1.00 bits per heavy atom. The number of halogens is 1. The van der Waals surface area contributed by atoms with Crippen LogP contribution in [0.4, 0.5) is 5.69 Å². The van der Waals surface area contributed by atoms with Crippen molar-refractivity contribution in [3.05, 3.63) is 86.8 Å². The highest BCUT2D eigenvalue weighted by atomic mass is 35.5. The van der Waals surface area contributed by atoms with Gasteiger partial charge in [-0.3, -0.25) is 4.90 Å². The van der Waals surface area contributed by atoms with Crippen LogP contribution < -0.4 is 9.64 Å². The molecule has 0 aliphatic carbocycles. The molecule has 0 N–H and O–H groups in total. The number of nitrogens with zero attached hydrogens (tertiary/aromatic N) is 7. The van der Waals surface area contributed by atoms with Crippen LogP contribution in [0, 0.1) is 0 Å². The summed E-state index contributed by atoms with van der Waals surface area (Å²) in [7, 11) is -1.81. The minimum atomic E-state index is -3.47. The van der Waals surface area contributed by atoms with Crippen molar-refractivity contribution in [2.24, 2.45) is 5.11 Å². The van der Waals surface area contributed by atoms with Crippen molar-refractivity contribution in [3.8, 4) is 5.75 Å². The number of anilines is 1. The Kier molecular flexibility index (Phi) is 13.4. The number of hydrogen-bond acceptors (Lipinski definition) is 10. The van der Waals surface area contributed by atoms with Gasteiger partial charge in [-0.05, 0) is 37.1 Å². The van der Waals surface area contributed by atoms with Crippen molar-refractivity contribution in [1.82, 2.24) is 14.9 Å². The van der Waals surface area contributed by atoms with Gasteiger partial charge in [0.2, 0.25) is 0 Å². The van der Waals surface area contributed by atoms with Crippen LogP contribution in [0.15, 0.2) is 58.7 Å². The number of aromatic nitrogens is 2. The molecule has 1 fully saturated rings. The number of rotatable bonds is 17. The van der Waals surface area contributed by atoms with E-state index in [1.54, 1.807) is 45.4 Å². The summed E-state index contributed by atoms with van der Waals surface area (Å²) in [6.45, 7) is 10.2. The summed E-state index contributed by atoms with van der Waals surface area (Å²) in [5, 5.41) is 3.28. The predicted octanol–water partition coefficient (Wildman–Crippen LogP) is 4.97. The number of azide groups is 1. The fraction of sp³-hybridized carbons (Fsp3) is 0.500. The van der Waals surface area contributed by atoms with Crippen molar-refractivity contribution >= 4 is 27.1 Å². The van der Waals surface area contributed by atoms with Gasteiger partial charge in [0, 0.05) is 80.5 Å². The maximum Gasteiger partial charge on any atom is 0.180 e. The van der Waals surface area contributed by atoms with Crippen LogP contribution in [-0.4, -0.2) is 101 Å². The molecule has 1 saturated heterocycles. The van der Waals surface area contributed by atoms with Crippen molar-refractivity contribution in [3.63, 3.8) is 0 Å². The zero-order valence-electron chi connectivity index (χ0n) is 26.6. The molecule has 248 valence electrons. The van der Waals surface area contributed by atoms with Gasteiger partial charge in [-0.15, -0.1) is 0 Å². The minimum Gasteiger partial charge on any atom is -0.496 e. The first-order valence-electron chi connectivity index (χ1n) is 15.4. The van der Waals surface area contributed by atoms with E-state index in [2.05, 4.69) is 36.9 Å². The molecule has 3 aromatic rings. The Morgan fingerprint density at radius 3 is 2.46 bits per heavy atom. The van der Waals surface area contributed by atoms with Crippen molar-refractivity contribution in [2.45, 2.75) is 36.8 Å². The van der Waals surface area contributed by atoms with Crippen LogP contribution in [0.2, 0.25) is 5.02 Å². The third-order valence-electron chi connectivity index (χ3n) is 7.80. The van der Waals surface area contributed by atoms with Gasteiger partial charge >= 0.3 is 0 Å². The van der Waals surface area contributed by atoms with Crippen molar-refractivity contribution in [1.29, 1.82) is 0 Å². The standard InChI is InChI=1S/C32H42ClN7O5S/c1-24(2)46(41,42)31-7-5-4-6-26(31)20-29-28(33)23-35-32(37-29)21-25-8-9-27(22-30(25)43-3)40-13-11-39(12-14-40)15-17-45-19-18-44-16-10-36-38-34/h4-9,22-24H,10-21H2,1-3H3. The quantitative estimate of drug-likeness (QED) is 0.0841. The van der Waals surface area contributed by atoms with Gasteiger partial charge in [0.1, 0.15) is 11.6 Å². The Bertz CT molecular complexity index is 1590. The molecule has 0 saturated carbocycles. The highest BCUT2D eigenvalue weighted by Crippen LogP contribution is 2.29. The van der Waals surface area contributed by atoms with E-state index in [1.807, 2.05) is 12.1 Å². The summed E-state index contributed by atoms with van der Waals surface area (Å²) in [6, 6.07) is 13.2. The van der Waals surface area contributed by atoms with E-state index in [9.17, 15) is 8.42 Å². The Morgan fingerprint density at radius 2 is 1.74 bits per heavy atom. The smallest absolute Gasteiger partial charge is 0.180 e. The molecule has 0 bridgehead atoms. The molecule has 0 unspecified atom stereocenters. The van der Waals surface area contributed by atoms with E-state index in [0.29, 0.717) is 66.4 Å². The number of benzene rings is 2. The number of ether oxygens (including phenoxy) is 3. The highest BCUT2D eigenvalue weighted by molar-refractivity contribution is 7.92. The maximum absolute atomic E-state index is 13.0. The molecule has 1 aliphatic rings. The lowest BCUT2D eigenvalue weighted by molar-refractivity contribution is 0.0405. The molecular formula is C32H42ClN7O5S. The first-order valence-corrected chi connectivity index (χ1v) is 17.3. The van der Waals surface area contributed by atoms with Gasteiger partial charge in [0.05, 0.1) is 54.4 Å². The van der Waals surface area contributed by atoms with Gasteiger partial charge in [-0.25, -0.2) is 18.4 Å². The topological polar surface area (TPSA) is 143 Å². The molecule has 2 heterocycles. The van der Waals surface area contributed by atoms with Crippen LogP contribution in [0.3, 0.4) is 0 Å². The van der Waals surface area contributed by atoms with E-state index in [1.165, 1.54) is 0 Å². The first-order chi connectivity index (χ1) is 22.2. The molecule has 46 heavy (non-hydrogen) atoms. The second kappa shape index (κ2) is 17.5. The average Bonchev–Trinajstić information content (AvgIpc) is 3.06. The normalized spacial score (nSPS) is 14.0. The molecule has 0 radical (unpaired) electrons. The third-order valence-corrected chi connectivity index (χ3v) is 10.4. The number of hydrogen-bond donors (Lipinski definition) is 0. The fourth-order valence-corrected chi connectivity index (χ4v) is 6.60. The zero-order chi connectivity index (χ0) is 32.9. The second-order valence-corrected chi connectivity index (χ2v) is 14.0. The fourth-order valence-electron chi connectivity index (χ4n) is 5.16. The average molecular weight is 672 g/mol. The molecule has 0 amide bonds. The highest BCUT2D eigenvalue weighted by Gasteiger charge is 2.23. The van der Waals surface area contributed by atoms with E-state index in [4.69, 9.17) is 36.3 Å². The lowest BCUT2D eigenvalue weighted by atomic mass is 10.1. The lowest BCUT2D eigenvalue weighted by Crippen LogP contribution is -2.47. The van der Waals surface area contributed by atoms with E-state index in [-0.39, 0.29) is 6.42 Å². The lowest BCUT2D eigenvalue weighted by Gasteiger charge is -2.36. The molecule has 4 rings (SSSR count). The van der Waals surface area contributed by atoms with Crippen LogP contribution in [0.5, 0.6) is 5.75 Å². The van der Waals surface area contributed by atoms with Gasteiger partial charge < -0.3 is 19.1 Å². The van der Waals surface area contributed by atoms with Gasteiger partial charge in [0.15, 0.2) is 9.84 Å². The second-order valence-electron chi connectivity index (χ2n) is 11.1. The van der Waals surface area contributed by atoms with Gasteiger partial charge in [0.25, 0.3) is 0 Å².